The molecule has 0 aliphatic carbocycles. The highest BCUT2D eigenvalue weighted by Crippen LogP contribution is 2.14. The maximum atomic E-state index is 5.92. The van der Waals surface area contributed by atoms with Gasteiger partial charge < -0.3 is 15.2 Å². The van der Waals surface area contributed by atoms with Gasteiger partial charge in [0.1, 0.15) is 0 Å². The summed E-state index contributed by atoms with van der Waals surface area (Å²) in [5, 5.41) is 0. The molecule has 0 unspecified atom stereocenters. The smallest absolute Gasteiger partial charge is 0.162 e. The minimum atomic E-state index is -0.217. The topological polar surface area (TPSA) is 44.5 Å². The minimum absolute atomic E-state index is 0.217. The van der Waals surface area contributed by atoms with Crippen molar-refractivity contribution >= 4 is 0 Å². The van der Waals surface area contributed by atoms with Gasteiger partial charge in [0.2, 0.25) is 0 Å². The van der Waals surface area contributed by atoms with Gasteiger partial charge in [0.15, 0.2) is 6.29 Å². The summed E-state index contributed by atoms with van der Waals surface area (Å²) in [4.78, 5) is 0. The van der Waals surface area contributed by atoms with Crippen LogP contribution in [-0.4, -0.2) is 26.0 Å². The third kappa shape index (κ3) is 28.1. The first-order chi connectivity index (χ1) is 16.8. The van der Waals surface area contributed by atoms with Gasteiger partial charge in [0.25, 0.3) is 0 Å². The van der Waals surface area contributed by atoms with Crippen LogP contribution in [0, 0.1) is 6.42 Å². The molecule has 2 N–H and O–H groups in total. The molecule has 0 rings (SSSR count). The summed E-state index contributed by atoms with van der Waals surface area (Å²) in [6.07, 6.45) is 34.6. The molecule has 0 fully saturated rings. The van der Waals surface area contributed by atoms with Crippen molar-refractivity contribution in [2.24, 2.45) is 5.73 Å². The Kier molecular flexibility index (Phi) is 30.8. The summed E-state index contributed by atoms with van der Waals surface area (Å²) in [6, 6.07) is 0. The second-order valence-electron chi connectivity index (χ2n) is 10.4. The molecule has 0 aliphatic rings. The SMILES string of the molecule is CCCCCCCCCCCCCCOC([CH]CN)OCCCCCCCCCCCCCC. The van der Waals surface area contributed by atoms with Gasteiger partial charge in [0, 0.05) is 26.2 Å². The molecule has 0 aromatic carbocycles. The summed E-state index contributed by atoms with van der Waals surface area (Å²) >= 11 is 0. The van der Waals surface area contributed by atoms with Crippen LogP contribution in [0.5, 0.6) is 0 Å². The van der Waals surface area contributed by atoms with Crippen LogP contribution in [0.15, 0.2) is 0 Å². The fraction of sp³-hybridized carbons (Fsp3) is 0.968. The average Bonchev–Trinajstić information content (AvgIpc) is 2.84. The standard InChI is InChI=1S/C31H64NO2/c1-3-5-7-9-11-13-15-17-19-21-23-25-29-33-31(27-28-32)34-30-26-24-22-20-18-16-14-12-10-8-6-4-2/h27,31H,3-26,28-30,32H2,1-2H3. The van der Waals surface area contributed by atoms with Crippen LogP contribution in [-0.2, 0) is 9.47 Å². The van der Waals surface area contributed by atoms with E-state index in [0.717, 1.165) is 26.1 Å². The Morgan fingerprint density at radius 2 is 0.706 bits per heavy atom. The lowest BCUT2D eigenvalue weighted by Crippen LogP contribution is -2.23. The van der Waals surface area contributed by atoms with E-state index in [4.69, 9.17) is 15.2 Å². The van der Waals surface area contributed by atoms with Crippen LogP contribution in [0.25, 0.3) is 0 Å². The molecule has 205 valence electrons. The lowest BCUT2D eigenvalue weighted by Gasteiger charge is -2.17. The second kappa shape index (κ2) is 30.9. The fourth-order valence-corrected chi connectivity index (χ4v) is 4.58. The van der Waals surface area contributed by atoms with Gasteiger partial charge >= 0.3 is 0 Å². The molecule has 0 saturated carbocycles. The number of nitrogens with two attached hydrogens (primary N) is 1. The lowest BCUT2D eigenvalue weighted by molar-refractivity contribution is -0.123. The predicted molar refractivity (Wildman–Crippen MR) is 151 cm³/mol. The molecule has 0 aromatic heterocycles. The van der Waals surface area contributed by atoms with Crippen molar-refractivity contribution in [3.63, 3.8) is 0 Å². The van der Waals surface area contributed by atoms with E-state index in [9.17, 15) is 0 Å². The highest BCUT2D eigenvalue weighted by Gasteiger charge is 2.08. The zero-order chi connectivity index (χ0) is 24.8. The Morgan fingerprint density at radius 3 is 0.971 bits per heavy atom. The van der Waals surface area contributed by atoms with Crippen LogP contribution in [0.1, 0.15) is 168 Å². The van der Waals surface area contributed by atoms with Crippen molar-refractivity contribution in [1.82, 2.24) is 0 Å². The van der Waals surface area contributed by atoms with Crippen LogP contribution in [0.4, 0.5) is 0 Å². The van der Waals surface area contributed by atoms with E-state index in [1.807, 2.05) is 6.42 Å². The van der Waals surface area contributed by atoms with Crippen molar-refractivity contribution in [1.29, 1.82) is 0 Å². The molecular formula is C31H64NO2. The Morgan fingerprint density at radius 1 is 0.441 bits per heavy atom. The third-order valence-corrected chi connectivity index (χ3v) is 6.89. The quantitative estimate of drug-likeness (QED) is 0.0818. The van der Waals surface area contributed by atoms with Crippen molar-refractivity contribution in [2.75, 3.05) is 19.8 Å². The van der Waals surface area contributed by atoms with Gasteiger partial charge in [-0.05, 0) is 12.8 Å². The zero-order valence-corrected chi connectivity index (χ0v) is 23.6. The zero-order valence-electron chi connectivity index (χ0n) is 23.6. The Labute approximate surface area is 215 Å². The number of hydrogen-bond donors (Lipinski definition) is 1. The first-order valence-corrected chi connectivity index (χ1v) is 15.6. The van der Waals surface area contributed by atoms with Crippen LogP contribution >= 0.6 is 0 Å². The molecule has 0 bridgehead atoms. The molecule has 34 heavy (non-hydrogen) atoms. The maximum Gasteiger partial charge on any atom is 0.162 e. The molecule has 0 heterocycles. The highest BCUT2D eigenvalue weighted by molar-refractivity contribution is 4.70. The summed E-state index contributed by atoms with van der Waals surface area (Å²) in [5.74, 6) is 0. The summed E-state index contributed by atoms with van der Waals surface area (Å²) < 4.78 is 11.8. The van der Waals surface area contributed by atoms with Gasteiger partial charge in [-0.1, -0.05) is 155 Å². The number of hydrogen-bond acceptors (Lipinski definition) is 3. The Hall–Kier alpha value is -0.120. The van der Waals surface area contributed by atoms with E-state index in [1.54, 1.807) is 0 Å². The van der Waals surface area contributed by atoms with Crippen molar-refractivity contribution in [3.8, 4) is 0 Å². The number of ether oxygens (including phenoxy) is 2. The van der Waals surface area contributed by atoms with Gasteiger partial charge in [-0.2, -0.15) is 0 Å². The van der Waals surface area contributed by atoms with Crippen molar-refractivity contribution < 1.29 is 9.47 Å². The summed E-state index contributed by atoms with van der Waals surface area (Å²) in [6.45, 7) is 6.67. The number of rotatable bonds is 30. The molecule has 0 atom stereocenters. The predicted octanol–water partition coefficient (Wildman–Crippen LogP) is 9.91. The Bertz CT molecular complexity index is 320. The monoisotopic (exact) mass is 482 g/mol. The van der Waals surface area contributed by atoms with E-state index in [0.29, 0.717) is 6.54 Å². The minimum Gasteiger partial charge on any atom is -0.352 e. The number of unbranched alkanes of at least 4 members (excludes halogenated alkanes) is 22. The maximum absolute atomic E-state index is 5.92. The van der Waals surface area contributed by atoms with Gasteiger partial charge in [-0.3, -0.25) is 0 Å². The largest absolute Gasteiger partial charge is 0.352 e. The highest BCUT2D eigenvalue weighted by atomic mass is 16.7. The summed E-state index contributed by atoms with van der Waals surface area (Å²) in [5.41, 5.74) is 5.70. The van der Waals surface area contributed by atoms with Crippen LogP contribution < -0.4 is 5.73 Å². The van der Waals surface area contributed by atoms with Crippen LogP contribution in [0.2, 0.25) is 0 Å². The van der Waals surface area contributed by atoms with E-state index in [1.165, 1.54) is 141 Å². The molecule has 0 aromatic rings. The fourth-order valence-electron chi connectivity index (χ4n) is 4.58. The molecule has 1 radical (unpaired) electrons. The molecular weight excluding hydrogens is 418 g/mol. The average molecular weight is 483 g/mol. The van der Waals surface area contributed by atoms with E-state index >= 15 is 0 Å². The van der Waals surface area contributed by atoms with Crippen molar-refractivity contribution in [2.45, 2.75) is 174 Å². The Balaban J connectivity index is 3.38. The molecule has 0 amide bonds. The van der Waals surface area contributed by atoms with Gasteiger partial charge in [0.05, 0.1) is 0 Å². The van der Waals surface area contributed by atoms with E-state index in [2.05, 4.69) is 13.8 Å². The van der Waals surface area contributed by atoms with Crippen LogP contribution in [0.3, 0.4) is 0 Å². The summed E-state index contributed by atoms with van der Waals surface area (Å²) in [7, 11) is 0. The second-order valence-corrected chi connectivity index (χ2v) is 10.4. The normalized spacial score (nSPS) is 11.6. The first kappa shape index (κ1) is 33.9. The molecule has 0 aliphatic heterocycles. The van der Waals surface area contributed by atoms with E-state index < -0.39 is 0 Å². The molecule has 3 heteroatoms. The molecule has 0 saturated heterocycles. The van der Waals surface area contributed by atoms with E-state index in [-0.39, 0.29) is 6.29 Å². The third-order valence-electron chi connectivity index (χ3n) is 6.89. The molecule has 3 nitrogen and oxygen atoms in total. The molecule has 0 spiro atoms. The van der Waals surface area contributed by atoms with Gasteiger partial charge in [-0.15, -0.1) is 0 Å². The lowest BCUT2D eigenvalue weighted by atomic mass is 10.1. The first-order valence-electron chi connectivity index (χ1n) is 15.6. The van der Waals surface area contributed by atoms with Gasteiger partial charge in [-0.25, -0.2) is 0 Å². The van der Waals surface area contributed by atoms with Crippen molar-refractivity contribution in [3.05, 3.63) is 6.42 Å².